The number of aromatic nitrogens is 2. The maximum absolute atomic E-state index is 12.8. The Kier molecular flexibility index (Phi) is 4.56. The SMILES string of the molecule is O=C(O)c1cc(-c2cncnc2)cc(S(=O)(=O)N2CCOCC2)c1. The summed E-state index contributed by atoms with van der Waals surface area (Å²) in [6.07, 6.45) is 4.34. The van der Waals surface area contributed by atoms with Gasteiger partial charge in [0.15, 0.2) is 0 Å². The highest BCUT2D eigenvalue weighted by Gasteiger charge is 2.27. The molecule has 0 spiro atoms. The fourth-order valence-corrected chi connectivity index (χ4v) is 3.90. The van der Waals surface area contributed by atoms with E-state index in [2.05, 4.69) is 9.97 Å². The molecule has 1 N–H and O–H groups in total. The molecule has 0 radical (unpaired) electrons. The number of carbonyl (C=O) groups is 1. The lowest BCUT2D eigenvalue weighted by molar-refractivity contribution is 0.0696. The molecule has 0 aliphatic carbocycles. The number of carboxylic acid groups (broad SMARTS) is 1. The molecule has 0 saturated carbocycles. The molecule has 1 aliphatic rings. The fraction of sp³-hybridized carbons (Fsp3) is 0.267. The largest absolute Gasteiger partial charge is 0.478 e. The smallest absolute Gasteiger partial charge is 0.335 e. The molecule has 2 heterocycles. The zero-order chi connectivity index (χ0) is 17.2. The van der Waals surface area contributed by atoms with E-state index in [-0.39, 0.29) is 23.5 Å². The number of nitrogens with zero attached hydrogens (tertiary/aromatic N) is 3. The Morgan fingerprint density at radius 2 is 1.75 bits per heavy atom. The van der Waals surface area contributed by atoms with Gasteiger partial charge < -0.3 is 9.84 Å². The number of aromatic carboxylic acids is 1. The Morgan fingerprint density at radius 1 is 1.08 bits per heavy atom. The van der Waals surface area contributed by atoms with E-state index < -0.39 is 16.0 Å². The van der Waals surface area contributed by atoms with Crippen molar-refractivity contribution in [3.05, 3.63) is 42.5 Å². The molecule has 9 heteroatoms. The van der Waals surface area contributed by atoms with Gasteiger partial charge in [-0.1, -0.05) is 0 Å². The van der Waals surface area contributed by atoms with Gasteiger partial charge in [-0.15, -0.1) is 0 Å². The Labute approximate surface area is 138 Å². The summed E-state index contributed by atoms with van der Waals surface area (Å²) in [4.78, 5) is 19.1. The molecule has 8 nitrogen and oxygen atoms in total. The maximum atomic E-state index is 12.8. The minimum Gasteiger partial charge on any atom is -0.478 e. The van der Waals surface area contributed by atoms with Gasteiger partial charge in [0.05, 0.1) is 23.7 Å². The molecule has 0 unspecified atom stereocenters. The van der Waals surface area contributed by atoms with Crippen molar-refractivity contribution < 1.29 is 23.1 Å². The van der Waals surface area contributed by atoms with Gasteiger partial charge >= 0.3 is 5.97 Å². The van der Waals surface area contributed by atoms with Crippen LogP contribution in [0.15, 0.2) is 41.8 Å². The molecule has 0 bridgehead atoms. The second kappa shape index (κ2) is 6.63. The second-order valence-corrected chi connectivity index (χ2v) is 7.13. The van der Waals surface area contributed by atoms with Crippen LogP contribution < -0.4 is 0 Å². The molecule has 1 aliphatic heterocycles. The quantitative estimate of drug-likeness (QED) is 0.872. The van der Waals surface area contributed by atoms with Gasteiger partial charge in [0, 0.05) is 31.0 Å². The third-order valence-corrected chi connectivity index (χ3v) is 5.53. The molecule has 3 rings (SSSR count). The molecule has 1 aromatic heterocycles. The van der Waals surface area contributed by atoms with Crippen LogP contribution in [0.3, 0.4) is 0 Å². The van der Waals surface area contributed by atoms with Crippen LogP contribution >= 0.6 is 0 Å². The molecule has 0 amide bonds. The normalized spacial score (nSPS) is 16.0. The van der Waals surface area contributed by atoms with E-state index in [1.807, 2.05) is 0 Å². The first-order chi connectivity index (χ1) is 11.5. The van der Waals surface area contributed by atoms with Gasteiger partial charge in [-0.3, -0.25) is 0 Å². The maximum Gasteiger partial charge on any atom is 0.335 e. The van der Waals surface area contributed by atoms with Crippen molar-refractivity contribution in [3.63, 3.8) is 0 Å². The summed E-state index contributed by atoms with van der Waals surface area (Å²) in [5, 5.41) is 9.30. The summed E-state index contributed by atoms with van der Waals surface area (Å²) in [7, 11) is -3.80. The lowest BCUT2D eigenvalue weighted by Crippen LogP contribution is -2.40. The Balaban J connectivity index is 2.10. The molecule has 0 atom stereocenters. The van der Waals surface area contributed by atoms with Crippen LogP contribution in [0.5, 0.6) is 0 Å². The first-order valence-corrected chi connectivity index (χ1v) is 8.64. The monoisotopic (exact) mass is 349 g/mol. The number of sulfonamides is 1. The van der Waals surface area contributed by atoms with Crippen molar-refractivity contribution in [2.75, 3.05) is 26.3 Å². The standard InChI is InChI=1S/C15H15N3O5S/c19-15(20)12-5-11(13-8-16-10-17-9-13)6-14(7-12)24(21,22)18-1-3-23-4-2-18/h5-10H,1-4H2,(H,19,20). The number of ether oxygens (including phenoxy) is 1. The Hall–Kier alpha value is -2.36. The van der Waals surface area contributed by atoms with Crippen LogP contribution in [0.1, 0.15) is 10.4 Å². The van der Waals surface area contributed by atoms with Crippen LogP contribution in [-0.4, -0.2) is 60.1 Å². The van der Waals surface area contributed by atoms with Crippen molar-refractivity contribution in [3.8, 4) is 11.1 Å². The van der Waals surface area contributed by atoms with Crippen LogP contribution in [0.25, 0.3) is 11.1 Å². The Bertz CT molecular complexity index is 849. The summed E-state index contributed by atoms with van der Waals surface area (Å²) in [5.41, 5.74) is 0.865. The number of carboxylic acids is 1. The predicted molar refractivity (Wildman–Crippen MR) is 84.0 cm³/mol. The highest BCUT2D eigenvalue weighted by Crippen LogP contribution is 2.26. The van der Waals surface area contributed by atoms with E-state index in [0.717, 1.165) is 0 Å². The van der Waals surface area contributed by atoms with Crippen molar-refractivity contribution in [1.29, 1.82) is 0 Å². The minimum absolute atomic E-state index is 0.0665. The molecular formula is C15H15N3O5S. The van der Waals surface area contributed by atoms with Crippen LogP contribution in [0.4, 0.5) is 0 Å². The topological polar surface area (TPSA) is 110 Å². The summed E-state index contributed by atoms with van der Waals surface area (Å²) >= 11 is 0. The van der Waals surface area contributed by atoms with Gasteiger partial charge in [-0.05, 0) is 23.8 Å². The van der Waals surface area contributed by atoms with Gasteiger partial charge in [-0.2, -0.15) is 4.31 Å². The highest BCUT2D eigenvalue weighted by molar-refractivity contribution is 7.89. The first kappa shape index (κ1) is 16.5. The third-order valence-electron chi connectivity index (χ3n) is 3.66. The van der Waals surface area contributed by atoms with Crippen LogP contribution in [0, 0.1) is 0 Å². The van der Waals surface area contributed by atoms with E-state index in [1.54, 1.807) is 0 Å². The molecule has 2 aromatic rings. The average molecular weight is 349 g/mol. The van der Waals surface area contributed by atoms with Crippen LogP contribution in [0.2, 0.25) is 0 Å². The first-order valence-electron chi connectivity index (χ1n) is 7.20. The average Bonchev–Trinajstić information content (AvgIpc) is 2.62. The Morgan fingerprint density at radius 3 is 2.38 bits per heavy atom. The number of rotatable bonds is 4. The molecule has 1 fully saturated rings. The summed E-state index contributed by atoms with van der Waals surface area (Å²) in [5.74, 6) is -1.20. The molecule has 126 valence electrons. The van der Waals surface area contributed by atoms with Crippen molar-refractivity contribution in [2.45, 2.75) is 4.90 Å². The summed E-state index contributed by atoms with van der Waals surface area (Å²) in [6, 6.07) is 4.01. The molecular weight excluding hydrogens is 334 g/mol. The van der Waals surface area contributed by atoms with Gasteiger partial charge in [0.25, 0.3) is 0 Å². The van der Waals surface area contributed by atoms with E-state index in [4.69, 9.17) is 4.74 Å². The van der Waals surface area contributed by atoms with Gasteiger partial charge in [-0.25, -0.2) is 23.2 Å². The lowest BCUT2D eigenvalue weighted by atomic mass is 10.1. The van der Waals surface area contributed by atoms with E-state index in [0.29, 0.717) is 24.3 Å². The number of benzene rings is 1. The van der Waals surface area contributed by atoms with E-state index >= 15 is 0 Å². The fourth-order valence-electron chi connectivity index (χ4n) is 2.42. The summed E-state index contributed by atoms with van der Waals surface area (Å²) < 4.78 is 32.0. The molecule has 24 heavy (non-hydrogen) atoms. The minimum atomic E-state index is -3.80. The van der Waals surface area contributed by atoms with Crippen molar-refractivity contribution in [2.24, 2.45) is 0 Å². The number of hydrogen-bond donors (Lipinski definition) is 1. The second-order valence-electron chi connectivity index (χ2n) is 5.19. The van der Waals surface area contributed by atoms with Gasteiger partial charge in [0.2, 0.25) is 10.0 Å². The van der Waals surface area contributed by atoms with Crippen LogP contribution in [-0.2, 0) is 14.8 Å². The van der Waals surface area contributed by atoms with E-state index in [1.165, 1.54) is 41.2 Å². The zero-order valence-corrected chi connectivity index (χ0v) is 13.4. The van der Waals surface area contributed by atoms with E-state index in [9.17, 15) is 18.3 Å². The summed E-state index contributed by atoms with van der Waals surface area (Å²) in [6.45, 7) is 1.11. The number of morpholine rings is 1. The molecule has 1 aromatic carbocycles. The van der Waals surface area contributed by atoms with Gasteiger partial charge in [0.1, 0.15) is 6.33 Å². The zero-order valence-electron chi connectivity index (χ0n) is 12.6. The molecule has 1 saturated heterocycles. The number of hydrogen-bond acceptors (Lipinski definition) is 6. The third kappa shape index (κ3) is 3.28. The highest BCUT2D eigenvalue weighted by atomic mass is 32.2. The lowest BCUT2D eigenvalue weighted by Gasteiger charge is -2.26. The van der Waals surface area contributed by atoms with Crippen molar-refractivity contribution >= 4 is 16.0 Å². The predicted octanol–water partition coefficient (Wildman–Crippen LogP) is 0.863. The van der Waals surface area contributed by atoms with Crippen molar-refractivity contribution in [1.82, 2.24) is 14.3 Å².